The number of anilines is 1. The third-order valence-electron chi connectivity index (χ3n) is 1.63. The Balaban J connectivity index is 3.56. The van der Waals surface area contributed by atoms with Crippen molar-refractivity contribution in [2.24, 2.45) is 0 Å². The number of rotatable bonds is 0. The van der Waals surface area contributed by atoms with E-state index in [4.69, 9.17) is 22.6 Å². The highest BCUT2D eigenvalue weighted by Crippen LogP contribution is 2.27. The molecule has 1 aromatic rings. The molecule has 2 nitrogen and oxygen atoms in total. The van der Waals surface area contributed by atoms with Gasteiger partial charge >= 0.3 is 0 Å². The summed E-state index contributed by atoms with van der Waals surface area (Å²) in [5, 5.41) is 8.67. The van der Waals surface area contributed by atoms with Crippen LogP contribution in [-0.2, 0) is 0 Å². The van der Waals surface area contributed by atoms with Crippen LogP contribution in [0.2, 0.25) is 5.02 Å². The van der Waals surface area contributed by atoms with E-state index in [1.54, 1.807) is 6.07 Å². The second-order valence-electron chi connectivity index (χ2n) is 2.37. The highest BCUT2D eigenvalue weighted by molar-refractivity contribution is 6.33. The smallest absolute Gasteiger partial charge is 0.129 e. The molecule has 0 aliphatic carbocycles. The van der Waals surface area contributed by atoms with Crippen molar-refractivity contribution in [3.05, 3.63) is 28.0 Å². The number of nitriles is 1. The van der Waals surface area contributed by atoms with Gasteiger partial charge in [0.25, 0.3) is 0 Å². The van der Waals surface area contributed by atoms with E-state index in [0.717, 1.165) is 6.07 Å². The minimum atomic E-state index is -0.509. The van der Waals surface area contributed by atoms with Crippen LogP contribution >= 0.6 is 11.6 Å². The molecule has 1 rings (SSSR count). The van der Waals surface area contributed by atoms with Gasteiger partial charge in [0, 0.05) is 5.56 Å². The molecule has 62 valence electrons. The second-order valence-corrected chi connectivity index (χ2v) is 2.77. The summed E-state index contributed by atoms with van der Waals surface area (Å²) in [6.45, 7) is 1.49. The number of nitrogens with two attached hydrogens (primary N) is 1. The van der Waals surface area contributed by atoms with E-state index in [-0.39, 0.29) is 21.8 Å². The van der Waals surface area contributed by atoms with Gasteiger partial charge in [0.1, 0.15) is 11.9 Å². The fourth-order valence-electron chi connectivity index (χ4n) is 0.882. The third kappa shape index (κ3) is 1.21. The van der Waals surface area contributed by atoms with Gasteiger partial charge in [-0.15, -0.1) is 0 Å². The van der Waals surface area contributed by atoms with Gasteiger partial charge in [0.2, 0.25) is 0 Å². The zero-order chi connectivity index (χ0) is 9.30. The lowest BCUT2D eigenvalue weighted by Crippen LogP contribution is -1.97. The van der Waals surface area contributed by atoms with Gasteiger partial charge in [0.05, 0.1) is 16.3 Å². The van der Waals surface area contributed by atoms with Gasteiger partial charge in [0.15, 0.2) is 0 Å². The lowest BCUT2D eigenvalue weighted by Gasteiger charge is -2.04. The molecule has 0 spiro atoms. The highest BCUT2D eigenvalue weighted by Gasteiger charge is 2.11. The van der Waals surface area contributed by atoms with Gasteiger partial charge in [-0.1, -0.05) is 11.6 Å². The van der Waals surface area contributed by atoms with Crippen molar-refractivity contribution in [1.82, 2.24) is 0 Å². The van der Waals surface area contributed by atoms with Crippen molar-refractivity contribution in [3.63, 3.8) is 0 Å². The Morgan fingerprint density at radius 2 is 2.25 bits per heavy atom. The van der Waals surface area contributed by atoms with E-state index in [1.165, 1.54) is 6.92 Å². The summed E-state index contributed by atoms with van der Waals surface area (Å²) in [6.07, 6.45) is 0. The lowest BCUT2D eigenvalue weighted by molar-refractivity contribution is 0.618. The average Bonchev–Trinajstić information content (AvgIpc) is 2.02. The molecule has 0 radical (unpaired) electrons. The molecule has 0 atom stereocenters. The third-order valence-corrected chi connectivity index (χ3v) is 1.94. The fourth-order valence-corrected chi connectivity index (χ4v) is 1.07. The van der Waals surface area contributed by atoms with Crippen LogP contribution in [0.5, 0.6) is 0 Å². The predicted molar refractivity (Wildman–Crippen MR) is 45.3 cm³/mol. The van der Waals surface area contributed by atoms with E-state index in [1.807, 2.05) is 0 Å². The van der Waals surface area contributed by atoms with Gasteiger partial charge in [-0.2, -0.15) is 5.26 Å². The average molecular weight is 185 g/mol. The largest absolute Gasteiger partial charge is 0.396 e. The molecule has 0 unspecified atom stereocenters. The number of halogens is 2. The van der Waals surface area contributed by atoms with Crippen LogP contribution in [0, 0.1) is 24.1 Å². The maximum atomic E-state index is 12.9. The molecule has 0 saturated carbocycles. The predicted octanol–water partition coefficient (Wildman–Crippen LogP) is 2.24. The van der Waals surface area contributed by atoms with Gasteiger partial charge < -0.3 is 5.73 Å². The standard InChI is InChI=1S/C8H6ClFN2/c1-4-5(3-11)8(12)6(9)2-7(4)10/h2H,12H2,1H3. The second kappa shape index (κ2) is 3.00. The summed E-state index contributed by atoms with van der Waals surface area (Å²) < 4.78 is 12.9. The minimum Gasteiger partial charge on any atom is -0.396 e. The maximum Gasteiger partial charge on any atom is 0.129 e. The van der Waals surface area contributed by atoms with Crippen molar-refractivity contribution in [3.8, 4) is 6.07 Å². The molecular weight excluding hydrogens is 179 g/mol. The van der Waals surface area contributed by atoms with E-state index in [2.05, 4.69) is 0 Å². The minimum absolute atomic E-state index is 0.0784. The monoisotopic (exact) mass is 184 g/mol. The molecular formula is C8H6ClFN2. The van der Waals surface area contributed by atoms with Gasteiger partial charge in [-0.05, 0) is 13.0 Å². The van der Waals surface area contributed by atoms with Crippen LogP contribution in [0.15, 0.2) is 6.07 Å². The van der Waals surface area contributed by atoms with E-state index >= 15 is 0 Å². The van der Waals surface area contributed by atoms with Crippen LogP contribution in [0.3, 0.4) is 0 Å². The number of nitrogens with zero attached hydrogens (tertiary/aromatic N) is 1. The molecule has 0 aromatic heterocycles. The molecule has 1 aromatic carbocycles. The van der Waals surface area contributed by atoms with Crippen molar-refractivity contribution in [2.45, 2.75) is 6.92 Å². The molecule has 0 aliphatic heterocycles. The number of nitrogen functional groups attached to an aromatic ring is 1. The zero-order valence-corrected chi connectivity index (χ0v) is 7.11. The number of hydrogen-bond donors (Lipinski definition) is 1. The molecule has 12 heavy (non-hydrogen) atoms. The summed E-state index contributed by atoms with van der Waals surface area (Å²) in [5.74, 6) is -0.509. The van der Waals surface area contributed by atoms with Crippen molar-refractivity contribution >= 4 is 17.3 Å². The first-order valence-corrected chi connectivity index (χ1v) is 3.60. The van der Waals surface area contributed by atoms with Crippen LogP contribution < -0.4 is 5.73 Å². The van der Waals surface area contributed by atoms with Crippen LogP contribution in [0.4, 0.5) is 10.1 Å². The Bertz CT molecular complexity index is 342. The summed E-state index contributed by atoms with van der Waals surface area (Å²) in [5.41, 5.74) is 5.93. The summed E-state index contributed by atoms with van der Waals surface area (Å²) >= 11 is 5.55. The molecule has 4 heteroatoms. The molecule has 0 bridgehead atoms. The Labute approximate surface area is 74.4 Å². The fraction of sp³-hybridized carbons (Fsp3) is 0.125. The number of benzene rings is 1. The molecule has 0 heterocycles. The Morgan fingerprint density at radius 3 is 2.75 bits per heavy atom. The zero-order valence-electron chi connectivity index (χ0n) is 6.36. The number of hydrogen-bond acceptors (Lipinski definition) is 2. The van der Waals surface area contributed by atoms with E-state index in [0.29, 0.717) is 0 Å². The highest BCUT2D eigenvalue weighted by atomic mass is 35.5. The first-order valence-electron chi connectivity index (χ1n) is 3.22. The summed E-state index contributed by atoms with van der Waals surface area (Å²) in [4.78, 5) is 0. The van der Waals surface area contributed by atoms with Crippen LogP contribution in [0.25, 0.3) is 0 Å². The van der Waals surface area contributed by atoms with Crippen molar-refractivity contribution < 1.29 is 4.39 Å². The molecule has 0 fully saturated rings. The summed E-state index contributed by atoms with van der Waals surface area (Å²) in [7, 11) is 0. The first kappa shape index (κ1) is 8.82. The molecule has 2 N–H and O–H groups in total. The van der Waals surface area contributed by atoms with Gasteiger partial charge in [-0.25, -0.2) is 4.39 Å². The topological polar surface area (TPSA) is 49.8 Å². The Morgan fingerprint density at radius 1 is 1.67 bits per heavy atom. The summed E-state index contributed by atoms with van der Waals surface area (Å²) in [6, 6.07) is 2.90. The first-order chi connectivity index (χ1) is 5.57. The molecule has 0 amide bonds. The van der Waals surface area contributed by atoms with Crippen LogP contribution in [0.1, 0.15) is 11.1 Å². The quantitative estimate of drug-likeness (QED) is 0.629. The van der Waals surface area contributed by atoms with Crippen LogP contribution in [-0.4, -0.2) is 0 Å². The molecule has 0 aliphatic rings. The van der Waals surface area contributed by atoms with E-state index < -0.39 is 5.82 Å². The SMILES string of the molecule is Cc1c(F)cc(Cl)c(N)c1C#N. The Hall–Kier alpha value is -1.27. The van der Waals surface area contributed by atoms with Crippen molar-refractivity contribution in [1.29, 1.82) is 5.26 Å². The molecule has 0 saturated heterocycles. The lowest BCUT2D eigenvalue weighted by atomic mass is 10.1. The Kier molecular flexibility index (Phi) is 2.20. The maximum absolute atomic E-state index is 12.9. The van der Waals surface area contributed by atoms with Gasteiger partial charge in [-0.3, -0.25) is 0 Å². The normalized spacial score (nSPS) is 9.50. The van der Waals surface area contributed by atoms with Crippen molar-refractivity contribution in [2.75, 3.05) is 5.73 Å². The van der Waals surface area contributed by atoms with E-state index in [9.17, 15) is 4.39 Å².